The molecule has 0 fully saturated rings. The quantitative estimate of drug-likeness (QED) is 0.865. The van der Waals surface area contributed by atoms with Gasteiger partial charge in [0.05, 0.1) is 0 Å². The Labute approximate surface area is 112 Å². The lowest BCUT2D eigenvalue weighted by molar-refractivity contribution is 0.132. The summed E-state index contributed by atoms with van der Waals surface area (Å²) in [4.78, 5) is 2.43. The summed E-state index contributed by atoms with van der Waals surface area (Å²) in [7, 11) is 0. The van der Waals surface area contributed by atoms with Gasteiger partial charge in [-0.25, -0.2) is 0 Å². The normalized spacial score (nSPS) is 12.4. The molecular formula is C16H28N2. The Kier molecular flexibility index (Phi) is 5.36. The zero-order valence-electron chi connectivity index (χ0n) is 12.5. The molecule has 0 heterocycles. The van der Waals surface area contributed by atoms with Crippen molar-refractivity contribution in [1.29, 1.82) is 0 Å². The monoisotopic (exact) mass is 248 g/mol. The molecule has 0 radical (unpaired) electrons. The van der Waals surface area contributed by atoms with Crippen molar-refractivity contribution in [2.24, 2.45) is 5.73 Å². The first-order chi connectivity index (χ1) is 8.34. The van der Waals surface area contributed by atoms with Gasteiger partial charge in [-0.15, -0.1) is 0 Å². The van der Waals surface area contributed by atoms with E-state index in [1.807, 2.05) is 0 Å². The van der Waals surface area contributed by atoms with Crippen LogP contribution in [-0.4, -0.2) is 23.5 Å². The van der Waals surface area contributed by atoms with Gasteiger partial charge in [0.2, 0.25) is 0 Å². The smallest absolute Gasteiger partial charge is 0.0239 e. The molecule has 0 spiro atoms. The highest BCUT2D eigenvalue weighted by Crippen LogP contribution is 2.19. The third kappa shape index (κ3) is 4.43. The summed E-state index contributed by atoms with van der Waals surface area (Å²) >= 11 is 0. The highest BCUT2D eigenvalue weighted by Gasteiger charge is 2.20. The minimum atomic E-state index is 0.163. The lowest BCUT2D eigenvalue weighted by Crippen LogP contribution is -2.43. The Morgan fingerprint density at radius 1 is 1.11 bits per heavy atom. The summed E-state index contributed by atoms with van der Waals surface area (Å²) in [6.45, 7) is 13.8. The molecule has 18 heavy (non-hydrogen) atoms. The largest absolute Gasteiger partial charge is 0.329 e. The Morgan fingerprint density at radius 3 is 2.06 bits per heavy atom. The summed E-state index contributed by atoms with van der Waals surface area (Å²) in [5, 5.41) is 0. The molecule has 0 aliphatic carbocycles. The van der Waals surface area contributed by atoms with Crippen molar-refractivity contribution >= 4 is 0 Å². The number of rotatable bonds is 5. The van der Waals surface area contributed by atoms with Crippen molar-refractivity contribution in [1.82, 2.24) is 4.90 Å². The van der Waals surface area contributed by atoms with Crippen LogP contribution in [0.5, 0.6) is 0 Å². The van der Waals surface area contributed by atoms with Gasteiger partial charge in [0.25, 0.3) is 0 Å². The van der Waals surface area contributed by atoms with Gasteiger partial charge in [-0.05, 0) is 37.8 Å². The fourth-order valence-electron chi connectivity index (χ4n) is 2.04. The summed E-state index contributed by atoms with van der Waals surface area (Å²) in [6.07, 6.45) is 0. The molecule has 0 aromatic heterocycles. The van der Waals surface area contributed by atoms with Gasteiger partial charge in [0, 0.05) is 25.2 Å². The van der Waals surface area contributed by atoms with Crippen LogP contribution in [0.3, 0.4) is 0 Å². The second-order valence-corrected chi connectivity index (χ2v) is 6.28. The Morgan fingerprint density at radius 2 is 1.67 bits per heavy atom. The first-order valence-electron chi connectivity index (χ1n) is 6.88. The minimum Gasteiger partial charge on any atom is -0.329 e. The first-order valence-corrected chi connectivity index (χ1v) is 6.88. The molecule has 0 unspecified atom stereocenters. The first kappa shape index (κ1) is 15.2. The number of hydrogen-bond acceptors (Lipinski definition) is 2. The maximum atomic E-state index is 5.70. The highest BCUT2D eigenvalue weighted by molar-refractivity contribution is 5.24. The standard InChI is InChI=1S/C16H28N2/c1-13(2)15-8-6-14(7-9-15)12-18(11-10-17)16(3,4)5/h6-9,13H,10-12,17H2,1-5H3. The highest BCUT2D eigenvalue weighted by atomic mass is 15.2. The van der Waals surface area contributed by atoms with E-state index in [1.54, 1.807) is 0 Å². The lowest BCUT2D eigenvalue weighted by atomic mass is 10.0. The van der Waals surface area contributed by atoms with E-state index < -0.39 is 0 Å². The molecule has 2 N–H and O–H groups in total. The third-order valence-electron chi connectivity index (χ3n) is 3.37. The number of nitrogens with two attached hydrogens (primary N) is 1. The Hall–Kier alpha value is -0.860. The van der Waals surface area contributed by atoms with Crippen LogP contribution < -0.4 is 5.73 Å². The lowest BCUT2D eigenvalue weighted by Gasteiger charge is -2.35. The molecule has 0 saturated heterocycles. The van der Waals surface area contributed by atoms with Crippen molar-refractivity contribution in [2.75, 3.05) is 13.1 Å². The van der Waals surface area contributed by atoms with Crippen LogP contribution in [0, 0.1) is 0 Å². The fraction of sp³-hybridized carbons (Fsp3) is 0.625. The summed E-state index contributed by atoms with van der Waals surface area (Å²) < 4.78 is 0. The average molecular weight is 248 g/mol. The molecule has 0 amide bonds. The van der Waals surface area contributed by atoms with E-state index in [-0.39, 0.29) is 5.54 Å². The Balaban J connectivity index is 2.75. The van der Waals surface area contributed by atoms with Crippen LogP contribution in [0.2, 0.25) is 0 Å². The second kappa shape index (κ2) is 6.35. The fourth-order valence-corrected chi connectivity index (χ4v) is 2.04. The van der Waals surface area contributed by atoms with Crippen LogP contribution >= 0.6 is 0 Å². The van der Waals surface area contributed by atoms with Gasteiger partial charge in [-0.3, -0.25) is 4.90 Å². The van der Waals surface area contributed by atoms with E-state index in [1.165, 1.54) is 11.1 Å². The van der Waals surface area contributed by atoms with E-state index in [9.17, 15) is 0 Å². The summed E-state index contributed by atoms with van der Waals surface area (Å²) in [6, 6.07) is 8.96. The molecule has 2 heteroatoms. The molecule has 2 nitrogen and oxygen atoms in total. The van der Waals surface area contributed by atoms with Gasteiger partial charge >= 0.3 is 0 Å². The predicted molar refractivity (Wildman–Crippen MR) is 79.7 cm³/mol. The Bertz CT molecular complexity index is 346. The molecule has 1 rings (SSSR count). The molecule has 1 aromatic carbocycles. The molecule has 0 aliphatic rings. The van der Waals surface area contributed by atoms with Crippen molar-refractivity contribution in [3.05, 3.63) is 35.4 Å². The maximum Gasteiger partial charge on any atom is 0.0239 e. The molecule has 102 valence electrons. The molecule has 0 atom stereocenters. The number of nitrogens with zero attached hydrogens (tertiary/aromatic N) is 1. The van der Waals surface area contributed by atoms with E-state index in [4.69, 9.17) is 5.73 Å². The van der Waals surface area contributed by atoms with Crippen molar-refractivity contribution in [3.8, 4) is 0 Å². The van der Waals surface area contributed by atoms with E-state index in [0.29, 0.717) is 12.5 Å². The number of hydrogen-bond donors (Lipinski definition) is 1. The van der Waals surface area contributed by atoms with Gasteiger partial charge in [0.15, 0.2) is 0 Å². The number of benzene rings is 1. The van der Waals surface area contributed by atoms with Gasteiger partial charge in [-0.1, -0.05) is 38.1 Å². The van der Waals surface area contributed by atoms with Crippen molar-refractivity contribution in [3.63, 3.8) is 0 Å². The summed E-state index contributed by atoms with van der Waals surface area (Å²) in [5.41, 5.74) is 8.63. The minimum absolute atomic E-state index is 0.163. The summed E-state index contributed by atoms with van der Waals surface area (Å²) in [5.74, 6) is 0.599. The van der Waals surface area contributed by atoms with E-state index >= 15 is 0 Å². The van der Waals surface area contributed by atoms with Crippen LogP contribution in [0.4, 0.5) is 0 Å². The zero-order valence-corrected chi connectivity index (χ0v) is 12.5. The van der Waals surface area contributed by atoms with Crippen molar-refractivity contribution < 1.29 is 0 Å². The molecular weight excluding hydrogens is 220 g/mol. The maximum absolute atomic E-state index is 5.70. The average Bonchev–Trinajstić information content (AvgIpc) is 2.28. The topological polar surface area (TPSA) is 29.3 Å². The molecule has 0 aliphatic heterocycles. The van der Waals surface area contributed by atoms with Gasteiger partial charge < -0.3 is 5.73 Å². The molecule has 0 saturated carbocycles. The predicted octanol–water partition coefficient (Wildman–Crippen LogP) is 3.37. The van der Waals surface area contributed by atoms with Crippen molar-refractivity contribution in [2.45, 2.75) is 52.6 Å². The third-order valence-corrected chi connectivity index (χ3v) is 3.37. The molecule has 1 aromatic rings. The van der Waals surface area contributed by atoms with Crippen LogP contribution in [0.1, 0.15) is 51.7 Å². The van der Waals surface area contributed by atoms with Crippen LogP contribution in [-0.2, 0) is 6.54 Å². The van der Waals surface area contributed by atoms with Gasteiger partial charge in [-0.2, -0.15) is 0 Å². The SMILES string of the molecule is CC(C)c1ccc(CN(CCN)C(C)(C)C)cc1. The van der Waals surface area contributed by atoms with E-state index in [2.05, 4.69) is 63.8 Å². The van der Waals surface area contributed by atoms with Crippen LogP contribution in [0.15, 0.2) is 24.3 Å². The zero-order chi connectivity index (χ0) is 13.8. The van der Waals surface area contributed by atoms with E-state index in [0.717, 1.165) is 13.1 Å². The second-order valence-electron chi connectivity index (χ2n) is 6.28. The molecule has 0 bridgehead atoms. The van der Waals surface area contributed by atoms with Crippen LogP contribution in [0.25, 0.3) is 0 Å². The van der Waals surface area contributed by atoms with Gasteiger partial charge in [0.1, 0.15) is 0 Å².